The van der Waals surface area contributed by atoms with Crippen LogP contribution in [0.5, 0.6) is 0 Å². The fraction of sp³-hybridized carbons (Fsp3) is 0.647. The molecule has 2 saturated heterocycles. The fourth-order valence-electron chi connectivity index (χ4n) is 3.60. The molecule has 1 atom stereocenters. The minimum atomic E-state index is 0.479. The number of nitrogens with one attached hydrogen (secondary N) is 1. The highest BCUT2D eigenvalue weighted by atomic mass is 15.3. The number of rotatable bonds is 3. The van der Waals surface area contributed by atoms with Gasteiger partial charge in [0.2, 0.25) is 0 Å². The smallest absolute Gasteiger partial charge is 0.0367 e. The number of nitrogens with zero attached hydrogens (tertiary/aromatic N) is 2. The SMILES string of the molecule is CC1(CN2CCN(c3ccccc3)CC2)CCCNC1. The van der Waals surface area contributed by atoms with E-state index >= 15 is 0 Å². The largest absolute Gasteiger partial charge is 0.369 e. The van der Waals surface area contributed by atoms with Crippen LogP contribution in [0.3, 0.4) is 0 Å². The van der Waals surface area contributed by atoms with E-state index in [2.05, 4.69) is 52.4 Å². The molecule has 1 aromatic carbocycles. The third-order valence-electron chi connectivity index (χ3n) is 4.78. The first kappa shape index (κ1) is 13.9. The van der Waals surface area contributed by atoms with Gasteiger partial charge in [0, 0.05) is 45.0 Å². The molecule has 20 heavy (non-hydrogen) atoms. The van der Waals surface area contributed by atoms with Gasteiger partial charge in [-0.25, -0.2) is 0 Å². The second-order valence-corrected chi connectivity index (χ2v) is 6.69. The molecule has 0 bridgehead atoms. The standard InChI is InChI=1S/C17H27N3/c1-17(8-5-9-18-14-17)15-19-10-12-20(13-11-19)16-6-3-2-4-7-16/h2-4,6-7,18H,5,8-15H2,1H3. The molecule has 0 aliphatic carbocycles. The molecule has 3 nitrogen and oxygen atoms in total. The number of anilines is 1. The minimum absolute atomic E-state index is 0.479. The predicted octanol–water partition coefficient (Wildman–Crippen LogP) is 2.20. The molecule has 3 heteroatoms. The topological polar surface area (TPSA) is 18.5 Å². The van der Waals surface area contributed by atoms with Crippen molar-refractivity contribution in [3.05, 3.63) is 30.3 Å². The summed E-state index contributed by atoms with van der Waals surface area (Å²) in [7, 11) is 0. The molecule has 1 unspecified atom stereocenters. The zero-order valence-electron chi connectivity index (χ0n) is 12.6. The molecule has 0 saturated carbocycles. The van der Waals surface area contributed by atoms with E-state index in [0.29, 0.717) is 5.41 Å². The third-order valence-corrected chi connectivity index (χ3v) is 4.78. The minimum Gasteiger partial charge on any atom is -0.369 e. The van der Waals surface area contributed by atoms with E-state index in [0.717, 1.165) is 13.1 Å². The molecule has 2 heterocycles. The zero-order valence-corrected chi connectivity index (χ0v) is 12.6. The highest BCUT2D eigenvalue weighted by molar-refractivity contribution is 5.46. The highest BCUT2D eigenvalue weighted by Crippen LogP contribution is 2.27. The Bertz CT molecular complexity index is 404. The van der Waals surface area contributed by atoms with Gasteiger partial charge in [-0.1, -0.05) is 25.1 Å². The van der Waals surface area contributed by atoms with Crippen LogP contribution in [0.2, 0.25) is 0 Å². The Hall–Kier alpha value is -1.06. The molecule has 0 amide bonds. The van der Waals surface area contributed by atoms with Crippen LogP contribution in [0.4, 0.5) is 5.69 Å². The van der Waals surface area contributed by atoms with Crippen LogP contribution >= 0.6 is 0 Å². The lowest BCUT2D eigenvalue weighted by atomic mass is 9.82. The summed E-state index contributed by atoms with van der Waals surface area (Å²) in [5, 5.41) is 3.56. The Kier molecular flexibility index (Phi) is 4.27. The van der Waals surface area contributed by atoms with Gasteiger partial charge in [-0.2, -0.15) is 0 Å². The second kappa shape index (κ2) is 6.15. The lowest BCUT2D eigenvalue weighted by Gasteiger charge is -2.42. The number of hydrogen-bond acceptors (Lipinski definition) is 3. The Balaban J connectivity index is 1.51. The number of hydrogen-bond donors (Lipinski definition) is 1. The van der Waals surface area contributed by atoms with Gasteiger partial charge >= 0.3 is 0 Å². The van der Waals surface area contributed by atoms with Gasteiger partial charge in [0.05, 0.1) is 0 Å². The van der Waals surface area contributed by atoms with E-state index in [-0.39, 0.29) is 0 Å². The predicted molar refractivity (Wildman–Crippen MR) is 85.3 cm³/mol. The maximum Gasteiger partial charge on any atom is 0.0367 e. The zero-order chi connectivity index (χ0) is 13.8. The van der Waals surface area contributed by atoms with Crippen LogP contribution in [0, 0.1) is 5.41 Å². The van der Waals surface area contributed by atoms with Crippen molar-refractivity contribution in [2.75, 3.05) is 50.7 Å². The number of piperazine rings is 1. The van der Waals surface area contributed by atoms with Crippen molar-refractivity contribution in [2.45, 2.75) is 19.8 Å². The molecule has 3 rings (SSSR count). The first-order valence-electron chi connectivity index (χ1n) is 7.98. The van der Waals surface area contributed by atoms with Gasteiger partial charge in [0.1, 0.15) is 0 Å². The molecule has 1 aromatic rings. The molecular formula is C17H27N3. The fourth-order valence-corrected chi connectivity index (χ4v) is 3.60. The average molecular weight is 273 g/mol. The van der Waals surface area contributed by atoms with Crippen molar-refractivity contribution in [2.24, 2.45) is 5.41 Å². The summed E-state index contributed by atoms with van der Waals surface area (Å²) in [5.41, 5.74) is 1.85. The molecule has 0 radical (unpaired) electrons. The van der Waals surface area contributed by atoms with Crippen LogP contribution in [0.1, 0.15) is 19.8 Å². The summed E-state index contributed by atoms with van der Waals surface area (Å²) in [5.74, 6) is 0. The monoisotopic (exact) mass is 273 g/mol. The van der Waals surface area contributed by atoms with Crippen LogP contribution in [0.15, 0.2) is 30.3 Å². The van der Waals surface area contributed by atoms with Crippen LogP contribution < -0.4 is 10.2 Å². The van der Waals surface area contributed by atoms with Gasteiger partial charge in [-0.05, 0) is 36.9 Å². The molecule has 1 N–H and O–H groups in total. The van der Waals surface area contributed by atoms with Crippen molar-refractivity contribution in [1.29, 1.82) is 0 Å². The van der Waals surface area contributed by atoms with Crippen molar-refractivity contribution in [1.82, 2.24) is 10.2 Å². The summed E-state index contributed by atoms with van der Waals surface area (Å²) in [4.78, 5) is 5.17. The average Bonchev–Trinajstić information content (AvgIpc) is 2.49. The van der Waals surface area contributed by atoms with E-state index in [1.165, 1.54) is 51.3 Å². The molecule has 2 aliphatic rings. The first-order valence-corrected chi connectivity index (χ1v) is 7.98. The third kappa shape index (κ3) is 3.33. The second-order valence-electron chi connectivity index (χ2n) is 6.69. The molecule has 2 aliphatic heterocycles. The maximum atomic E-state index is 3.56. The Morgan fingerprint density at radius 3 is 2.50 bits per heavy atom. The van der Waals surface area contributed by atoms with E-state index in [4.69, 9.17) is 0 Å². The van der Waals surface area contributed by atoms with E-state index in [1.807, 2.05) is 0 Å². The summed E-state index contributed by atoms with van der Waals surface area (Å²) in [6, 6.07) is 10.8. The van der Waals surface area contributed by atoms with Crippen LogP contribution in [-0.2, 0) is 0 Å². The maximum absolute atomic E-state index is 3.56. The van der Waals surface area contributed by atoms with Crippen molar-refractivity contribution < 1.29 is 0 Å². The Morgan fingerprint density at radius 1 is 1.10 bits per heavy atom. The van der Waals surface area contributed by atoms with Gasteiger partial charge in [-0.15, -0.1) is 0 Å². The van der Waals surface area contributed by atoms with Crippen LogP contribution in [0.25, 0.3) is 0 Å². The number of para-hydroxylation sites is 1. The first-order chi connectivity index (χ1) is 9.75. The quantitative estimate of drug-likeness (QED) is 0.911. The van der Waals surface area contributed by atoms with Crippen molar-refractivity contribution in [3.63, 3.8) is 0 Å². The Morgan fingerprint density at radius 2 is 1.85 bits per heavy atom. The van der Waals surface area contributed by atoms with E-state index < -0.39 is 0 Å². The van der Waals surface area contributed by atoms with Crippen LogP contribution in [-0.4, -0.2) is 50.7 Å². The van der Waals surface area contributed by atoms with Gasteiger partial charge in [0.15, 0.2) is 0 Å². The lowest BCUT2D eigenvalue weighted by molar-refractivity contribution is 0.128. The number of piperidine rings is 1. The van der Waals surface area contributed by atoms with E-state index in [1.54, 1.807) is 0 Å². The van der Waals surface area contributed by atoms with Crippen molar-refractivity contribution in [3.8, 4) is 0 Å². The lowest BCUT2D eigenvalue weighted by Crippen LogP contribution is -2.52. The summed E-state index contributed by atoms with van der Waals surface area (Å²) >= 11 is 0. The molecule has 0 aromatic heterocycles. The van der Waals surface area contributed by atoms with Gasteiger partial charge in [0.25, 0.3) is 0 Å². The van der Waals surface area contributed by atoms with Gasteiger partial charge < -0.3 is 10.2 Å². The normalized spacial score (nSPS) is 28.6. The molecule has 2 fully saturated rings. The van der Waals surface area contributed by atoms with E-state index in [9.17, 15) is 0 Å². The highest BCUT2D eigenvalue weighted by Gasteiger charge is 2.30. The molecule has 0 spiro atoms. The summed E-state index contributed by atoms with van der Waals surface area (Å²) < 4.78 is 0. The number of benzene rings is 1. The Labute approximate surface area is 123 Å². The summed E-state index contributed by atoms with van der Waals surface area (Å²) in [6.07, 6.45) is 2.71. The van der Waals surface area contributed by atoms with Crippen molar-refractivity contribution >= 4 is 5.69 Å². The van der Waals surface area contributed by atoms with Gasteiger partial charge in [-0.3, -0.25) is 4.90 Å². The summed E-state index contributed by atoms with van der Waals surface area (Å²) in [6.45, 7) is 10.8. The molecular weight excluding hydrogens is 246 g/mol. The molecule has 110 valence electrons.